The molecule has 0 aliphatic rings. The van der Waals surface area contributed by atoms with Gasteiger partial charge in [0.2, 0.25) is 5.91 Å². The van der Waals surface area contributed by atoms with Gasteiger partial charge in [0, 0.05) is 18.5 Å². The van der Waals surface area contributed by atoms with Crippen LogP contribution < -0.4 is 14.8 Å². The van der Waals surface area contributed by atoms with Crippen molar-refractivity contribution in [3.05, 3.63) is 66.2 Å². The molecule has 29 heavy (non-hydrogen) atoms. The van der Waals surface area contributed by atoms with Gasteiger partial charge in [0.1, 0.15) is 6.61 Å². The van der Waals surface area contributed by atoms with Gasteiger partial charge in [0.15, 0.2) is 23.7 Å². The first-order valence-electron chi connectivity index (χ1n) is 9.17. The summed E-state index contributed by atoms with van der Waals surface area (Å²) in [4.78, 5) is 16.1. The Kier molecular flexibility index (Phi) is 6.90. The fraction of sp³-hybridized carbons (Fsp3) is 0.217. The number of carbonyl (C=O) groups excluding carboxylic acids is 1. The van der Waals surface area contributed by atoms with Crippen LogP contribution >= 0.6 is 0 Å². The number of methoxy groups -OCH3 is 1. The van der Waals surface area contributed by atoms with Crippen molar-refractivity contribution in [2.24, 2.45) is 0 Å². The number of carbonyl (C=O) groups is 1. The van der Waals surface area contributed by atoms with Crippen LogP contribution in [0.25, 0.3) is 11.3 Å². The molecule has 0 aliphatic heterocycles. The molecule has 0 saturated heterocycles. The average molecular weight is 390 g/mol. The highest BCUT2D eigenvalue weighted by Crippen LogP contribution is 2.28. The Bertz CT molecular complexity index is 973. The Morgan fingerprint density at radius 1 is 1.17 bits per heavy atom. The fourth-order valence-corrected chi connectivity index (χ4v) is 2.80. The minimum atomic E-state index is -0.0177. The molecule has 6 nitrogen and oxygen atoms in total. The van der Waals surface area contributed by atoms with Crippen LogP contribution in [0.3, 0.4) is 0 Å². The number of terminal acetylenes is 1. The van der Waals surface area contributed by atoms with Crippen LogP contribution in [0, 0.1) is 12.3 Å². The lowest BCUT2D eigenvalue weighted by Crippen LogP contribution is -2.22. The molecule has 0 unspecified atom stereocenters. The van der Waals surface area contributed by atoms with E-state index in [1.807, 2.05) is 36.4 Å². The summed E-state index contributed by atoms with van der Waals surface area (Å²) in [5.41, 5.74) is 2.95. The number of aromatic nitrogens is 1. The van der Waals surface area contributed by atoms with E-state index in [1.165, 1.54) is 6.39 Å². The smallest absolute Gasteiger partial charge is 0.220 e. The van der Waals surface area contributed by atoms with E-state index in [1.54, 1.807) is 19.4 Å². The van der Waals surface area contributed by atoms with E-state index in [0.29, 0.717) is 36.6 Å². The van der Waals surface area contributed by atoms with Gasteiger partial charge < -0.3 is 19.2 Å². The Labute approximate surface area is 169 Å². The molecule has 148 valence electrons. The molecule has 0 aliphatic carbocycles. The highest BCUT2D eigenvalue weighted by Gasteiger charge is 2.08. The number of hydrogen-bond acceptors (Lipinski definition) is 5. The Morgan fingerprint density at radius 2 is 1.97 bits per heavy atom. The molecule has 0 atom stereocenters. The van der Waals surface area contributed by atoms with Gasteiger partial charge in [-0.25, -0.2) is 4.98 Å². The van der Waals surface area contributed by atoms with Gasteiger partial charge in [-0.1, -0.05) is 36.3 Å². The minimum absolute atomic E-state index is 0.0177. The van der Waals surface area contributed by atoms with Crippen molar-refractivity contribution >= 4 is 5.91 Å². The van der Waals surface area contributed by atoms with E-state index in [0.717, 1.165) is 16.7 Å². The van der Waals surface area contributed by atoms with Crippen molar-refractivity contribution in [3.63, 3.8) is 0 Å². The van der Waals surface area contributed by atoms with Crippen molar-refractivity contribution in [2.45, 2.75) is 19.4 Å². The summed E-state index contributed by atoms with van der Waals surface area (Å²) in [5, 5.41) is 2.94. The predicted molar refractivity (Wildman–Crippen MR) is 109 cm³/mol. The summed E-state index contributed by atoms with van der Waals surface area (Å²) in [6.07, 6.45) is 9.26. The average Bonchev–Trinajstić information content (AvgIpc) is 3.30. The topological polar surface area (TPSA) is 73.6 Å². The standard InChI is InChI=1S/C23H22N2O4/c1-3-12-28-20-10-6-17(13-21(20)27-2)7-11-23(26)25-14-18-4-8-19(9-5-18)22-15-24-16-29-22/h1,4-6,8-10,13,15-16H,7,11-12,14H2,2H3,(H,25,26). The second-order valence-electron chi connectivity index (χ2n) is 6.32. The molecule has 2 aromatic carbocycles. The van der Waals surface area contributed by atoms with Crippen LogP contribution in [-0.2, 0) is 17.8 Å². The monoisotopic (exact) mass is 390 g/mol. The number of oxazole rings is 1. The van der Waals surface area contributed by atoms with Gasteiger partial charge in [-0.05, 0) is 29.7 Å². The van der Waals surface area contributed by atoms with Crippen molar-refractivity contribution in [1.82, 2.24) is 10.3 Å². The van der Waals surface area contributed by atoms with Gasteiger partial charge in [-0.2, -0.15) is 0 Å². The maximum Gasteiger partial charge on any atom is 0.220 e. The van der Waals surface area contributed by atoms with E-state index in [4.69, 9.17) is 20.3 Å². The SMILES string of the molecule is C#CCOc1ccc(CCC(=O)NCc2ccc(-c3cnco3)cc2)cc1OC. The van der Waals surface area contributed by atoms with Crippen molar-refractivity contribution < 1.29 is 18.7 Å². The molecule has 1 amide bonds. The summed E-state index contributed by atoms with van der Waals surface area (Å²) in [6, 6.07) is 13.4. The molecule has 3 aromatic rings. The zero-order chi connectivity index (χ0) is 20.5. The first-order valence-corrected chi connectivity index (χ1v) is 9.17. The molecule has 1 heterocycles. The predicted octanol–water partition coefficient (Wildman–Crippen LogP) is 3.61. The number of amides is 1. The minimum Gasteiger partial charge on any atom is -0.493 e. The number of rotatable bonds is 9. The van der Waals surface area contributed by atoms with Gasteiger partial charge in [0.25, 0.3) is 0 Å². The molecule has 1 N–H and O–H groups in total. The molecular formula is C23H22N2O4. The summed E-state index contributed by atoms with van der Waals surface area (Å²) < 4.78 is 16.0. The van der Waals surface area contributed by atoms with Gasteiger partial charge >= 0.3 is 0 Å². The van der Waals surface area contributed by atoms with Crippen LogP contribution in [0.4, 0.5) is 0 Å². The van der Waals surface area contributed by atoms with Crippen LogP contribution in [0.15, 0.2) is 59.5 Å². The van der Waals surface area contributed by atoms with Crippen LogP contribution in [0.5, 0.6) is 11.5 Å². The third-order valence-corrected chi connectivity index (χ3v) is 4.34. The van der Waals surface area contributed by atoms with Crippen molar-refractivity contribution in [2.75, 3.05) is 13.7 Å². The number of nitrogens with zero attached hydrogens (tertiary/aromatic N) is 1. The van der Waals surface area contributed by atoms with E-state index in [2.05, 4.69) is 16.2 Å². The molecule has 0 spiro atoms. The lowest BCUT2D eigenvalue weighted by Gasteiger charge is -2.11. The van der Waals surface area contributed by atoms with Crippen LogP contribution in [0.2, 0.25) is 0 Å². The Hall–Kier alpha value is -3.72. The number of hydrogen-bond donors (Lipinski definition) is 1. The van der Waals surface area contributed by atoms with E-state index in [-0.39, 0.29) is 12.5 Å². The maximum absolute atomic E-state index is 12.2. The lowest BCUT2D eigenvalue weighted by molar-refractivity contribution is -0.121. The second kappa shape index (κ2) is 10.00. The normalized spacial score (nSPS) is 10.2. The number of benzene rings is 2. The first kappa shape index (κ1) is 20.0. The van der Waals surface area contributed by atoms with E-state index < -0.39 is 0 Å². The second-order valence-corrected chi connectivity index (χ2v) is 6.32. The summed E-state index contributed by atoms with van der Waals surface area (Å²) >= 11 is 0. The molecular weight excluding hydrogens is 368 g/mol. The first-order chi connectivity index (χ1) is 14.2. The van der Waals surface area contributed by atoms with Crippen molar-refractivity contribution in [1.29, 1.82) is 0 Å². The van der Waals surface area contributed by atoms with E-state index >= 15 is 0 Å². The third kappa shape index (κ3) is 5.63. The van der Waals surface area contributed by atoms with Gasteiger partial charge in [-0.15, -0.1) is 6.42 Å². The van der Waals surface area contributed by atoms with E-state index in [9.17, 15) is 4.79 Å². The number of ether oxygens (including phenoxy) is 2. The zero-order valence-corrected chi connectivity index (χ0v) is 16.2. The molecule has 0 radical (unpaired) electrons. The molecule has 6 heteroatoms. The van der Waals surface area contributed by atoms with Gasteiger partial charge in [-0.3, -0.25) is 4.79 Å². The molecule has 0 bridgehead atoms. The summed E-state index contributed by atoms with van der Waals surface area (Å²) in [7, 11) is 1.57. The van der Waals surface area contributed by atoms with Crippen LogP contribution in [-0.4, -0.2) is 24.6 Å². The highest BCUT2D eigenvalue weighted by molar-refractivity contribution is 5.76. The van der Waals surface area contributed by atoms with Crippen molar-refractivity contribution in [3.8, 4) is 35.2 Å². The Balaban J connectivity index is 1.48. The molecule has 3 rings (SSSR count). The largest absolute Gasteiger partial charge is 0.493 e. The molecule has 0 saturated carbocycles. The van der Waals surface area contributed by atoms with Crippen LogP contribution in [0.1, 0.15) is 17.5 Å². The lowest BCUT2D eigenvalue weighted by atomic mass is 10.1. The van der Waals surface area contributed by atoms with Gasteiger partial charge in [0.05, 0.1) is 13.3 Å². The summed E-state index contributed by atoms with van der Waals surface area (Å²) in [6.45, 7) is 0.648. The quantitative estimate of drug-likeness (QED) is 0.565. The molecule has 1 aromatic heterocycles. The number of nitrogens with one attached hydrogen (secondary N) is 1. The molecule has 0 fully saturated rings. The summed E-state index contributed by atoms with van der Waals surface area (Å²) in [5.74, 6) is 4.31. The third-order valence-electron chi connectivity index (χ3n) is 4.34. The highest BCUT2D eigenvalue weighted by atomic mass is 16.5. The number of aryl methyl sites for hydroxylation is 1. The maximum atomic E-state index is 12.2. The fourth-order valence-electron chi connectivity index (χ4n) is 2.80. The Morgan fingerprint density at radius 3 is 2.66 bits per heavy atom. The zero-order valence-electron chi connectivity index (χ0n) is 16.2.